The predicted molar refractivity (Wildman–Crippen MR) is 62.9 cm³/mol. The molecular weight excluding hydrogens is 242 g/mol. The lowest BCUT2D eigenvalue weighted by molar-refractivity contribution is 0.0983. The molecule has 0 amide bonds. The molecule has 0 atom stereocenters. The molecule has 0 aromatic carbocycles. The lowest BCUT2D eigenvalue weighted by Gasteiger charge is -1.99. The van der Waals surface area contributed by atoms with Gasteiger partial charge in [0.15, 0.2) is 10.1 Å². The SMILES string of the molecule is CCC(=O)c1ccc(Sc2ncns2)cn1. The maximum Gasteiger partial charge on any atom is 0.180 e. The van der Waals surface area contributed by atoms with Crippen molar-refractivity contribution in [1.82, 2.24) is 14.3 Å². The summed E-state index contributed by atoms with van der Waals surface area (Å²) in [6.45, 7) is 1.83. The van der Waals surface area contributed by atoms with Crippen molar-refractivity contribution in [2.24, 2.45) is 0 Å². The number of Topliss-reactive ketones (excluding diaryl/α,β-unsaturated/α-hetero) is 1. The Hall–Kier alpha value is -1.27. The number of carbonyl (C=O) groups is 1. The third-order valence-corrected chi connectivity index (χ3v) is 3.58. The van der Waals surface area contributed by atoms with Gasteiger partial charge in [0, 0.05) is 17.5 Å². The first-order valence-corrected chi connectivity index (χ1v) is 6.32. The molecular formula is C10H9N3OS2. The summed E-state index contributed by atoms with van der Waals surface area (Å²) < 4.78 is 4.78. The molecule has 0 unspecified atom stereocenters. The Kier molecular flexibility index (Phi) is 3.63. The lowest BCUT2D eigenvalue weighted by atomic mass is 10.2. The first-order chi connectivity index (χ1) is 7.79. The summed E-state index contributed by atoms with van der Waals surface area (Å²) in [5.74, 6) is 0.0625. The molecule has 0 aliphatic rings. The van der Waals surface area contributed by atoms with Crippen LogP contribution in [0.5, 0.6) is 0 Å². The number of nitrogens with zero attached hydrogens (tertiary/aromatic N) is 3. The Morgan fingerprint density at radius 1 is 1.44 bits per heavy atom. The summed E-state index contributed by atoms with van der Waals surface area (Å²) in [5, 5.41) is 0. The summed E-state index contributed by atoms with van der Waals surface area (Å²) in [4.78, 5) is 20.5. The molecule has 2 aromatic heterocycles. The standard InChI is InChI=1S/C10H9N3OS2/c1-2-9(14)8-4-3-7(5-11-8)15-10-12-6-13-16-10/h3-6H,2H2,1H3. The third kappa shape index (κ3) is 2.65. The Balaban J connectivity index is 2.10. The summed E-state index contributed by atoms with van der Waals surface area (Å²) in [6.07, 6.45) is 3.69. The molecule has 0 aliphatic carbocycles. The number of hydrogen-bond donors (Lipinski definition) is 0. The van der Waals surface area contributed by atoms with Gasteiger partial charge in [0.25, 0.3) is 0 Å². The molecule has 0 spiro atoms. The first kappa shape index (κ1) is 11.2. The van der Waals surface area contributed by atoms with E-state index in [1.807, 2.05) is 13.0 Å². The van der Waals surface area contributed by atoms with Gasteiger partial charge in [-0.1, -0.05) is 18.7 Å². The second-order valence-corrected chi connectivity index (χ2v) is 5.07. The average Bonchev–Trinajstić information content (AvgIpc) is 2.82. The number of carbonyl (C=O) groups excluding carboxylic acids is 1. The molecule has 2 aromatic rings. The van der Waals surface area contributed by atoms with Gasteiger partial charge in [-0.15, -0.1) is 0 Å². The molecule has 0 radical (unpaired) electrons. The highest BCUT2D eigenvalue weighted by molar-refractivity contribution is 8.01. The van der Waals surface area contributed by atoms with Gasteiger partial charge in [-0.3, -0.25) is 9.78 Å². The fourth-order valence-electron chi connectivity index (χ4n) is 1.10. The van der Waals surface area contributed by atoms with E-state index in [1.165, 1.54) is 29.6 Å². The van der Waals surface area contributed by atoms with Gasteiger partial charge < -0.3 is 0 Å². The van der Waals surface area contributed by atoms with E-state index < -0.39 is 0 Å². The van der Waals surface area contributed by atoms with Crippen molar-refractivity contribution in [3.63, 3.8) is 0 Å². The van der Waals surface area contributed by atoms with Gasteiger partial charge in [-0.25, -0.2) is 4.98 Å². The van der Waals surface area contributed by atoms with Crippen LogP contribution in [0.1, 0.15) is 23.8 Å². The summed E-state index contributed by atoms with van der Waals surface area (Å²) in [7, 11) is 0. The number of hydrogen-bond acceptors (Lipinski definition) is 6. The summed E-state index contributed by atoms with van der Waals surface area (Å²) in [5.41, 5.74) is 0.518. The van der Waals surface area contributed by atoms with Crippen LogP contribution in [-0.4, -0.2) is 20.1 Å². The van der Waals surface area contributed by atoms with Crippen molar-refractivity contribution >= 4 is 29.1 Å². The van der Waals surface area contributed by atoms with E-state index in [-0.39, 0.29) is 5.78 Å². The highest BCUT2D eigenvalue weighted by atomic mass is 32.2. The quantitative estimate of drug-likeness (QED) is 0.782. The van der Waals surface area contributed by atoms with Crippen molar-refractivity contribution < 1.29 is 4.79 Å². The van der Waals surface area contributed by atoms with Gasteiger partial charge in [0.2, 0.25) is 0 Å². The van der Waals surface area contributed by atoms with Crippen LogP contribution >= 0.6 is 23.3 Å². The predicted octanol–water partition coefficient (Wildman–Crippen LogP) is 2.68. The van der Waals surface area contributed by atoms with Crippen LogP contribution in [0.25, 0.3) is 0 Å². The van der Waals surface area contributed by atoms with E-state index in [2.05, 4.69) is 14.3 Å². The zero-order chi connectivity index (χ0) is 11.4. The molecule has 0 bridgehead atoms. The number of pyridine rings is 1. The minimum absolute atomic E-state index is 0.0625. The molecule has 16 heavy (non-hydrogen) atoms. The van der Waals surface area contributed by atoms with Crippen molar-refractivity contribution in [3.8, 4) is 0 Å². The van der Waals surface area contributed by atoms with Crippen molar-refractivity contribution in [2.75, 3.05) is 0 Å². The van der Waals surface area contributed by atoms with Crippen LogP contribution in [0, 0.1) is 0 Å². The van der Waals surface area contributed by atoms with Crippen LogP contribution < -0.4 is 0 Å². The van der Waals surface area contributed by atoms with Crippen molar-refractivity contribution in [1.29, 1.82) is 0 Å². The van der Waals surface area contributed by atoms with Crippen LogP contribution in [0.3, 0.4) is 0 Å². The topological polar surface area (TPSA) is 55.7 Å². The molecule has 82 valence electrons. The van der Waals surface area contributed by atoms with Gasteiger partial charge in [-0.05, 0) is 23.7 Å². The minimum Gasteiger partial charge on any atom is -0.292 e. The van der Waals surface area contributed by atoms with E-state index in [1.54, 1.807) is 12.3 Å². The molecule has 6 heteroatoms. The minimum atomic E-state index is 0.0625. The van der Waals surface area contributed by atoms with Crippen LogP contribution in [0.15, 0.2) is 33.9 Å². The van der Waals surface area contributed by atoms with Crippen LogP contribution in [0.4, 0.5) is 0 Å². The fourth-order valence-corrected chi connectivity index (χ4v) is 2.48. The first-order valence-electron chi connectivity index (χ1n) is 4.73. The zero-order valence-corrected chi connectivity index (χ0v) is 10.2. The van der Waals surface area contributed by atoms with Gasteiger partial charge in [-0.2, -0.15) is 4.37 Å². The molecule has 0 fully saturated rings. The highest BCUT2D eigenvalue weighted by Crippen LogP contribution is 2.27. The van der Waals surface area contributed by atoms with Crippen LogP contribution in [-0.2, 0) is 0 Å². The normalized spacial score (nSPS) is 10.3. The third-order valence-electron chi connectivity index (χ3n) is 1.89. The second-order valence-electron chi connectivity index (χ2n) is 2.97. The Bertz CT molecular complexity index is 467. The molecule has 2 heterocycles. The average molecular weight is 251 g/mol. The van der Waals surface area contributed by atoms with E-state index in [0.717, 1.165) is 9.24 Å². The van der Waals surface area contributed by atoms with Crippen molar-refractivity contribution in [3.05, 3.63) is 30.4 Å². The van der Waals surface area contributed by atoms with E-state index in [4.69, 9.17) is 0 Å². The molecule has 0 saturated heterocycles. The maximum absolute atomic E-state index is 11.4. The molecule has 0 saturated carbocycles. The van der Waals surface area contributed by atoms with Gasteiger partial charge >= 0.3 is 0 Å². The molecule has 4 nitrogen and oxygen atoms in total. The fraction of sp³-hybridized carbons (Fsp3) is 0.200. The second kappa shape index (κ2) is 5.18. The number of ketones is 1. The molecule has 0 aliphatic heterocycles. The Morgan fingerprint density at radius 3 is 2.88 bits per heavy atom. The molecule has 0 N–H and O–H groups in total. The van der Waals surface area contributed by atoms with Gasteiger partial charge in [0.1, 0.15) is 12.0 Å². The van der Waals surface area contributed by atoms with Gasteiger partial charge in [0.05, 0.1) is 0 Å². The van der Waals surface area contributed by atoms with Crippen molar-refractivity contribution in [2.45, 2.75) is 22.6 Å². The summed E-state index contributed by atoms with van der Waals surface area (Å²) in [6, 6.07) is 3.62. The number of aromatic nitrogens is 3. The van der Waals surface area contributed by atoms with Crippen LogP contribution in [0.2, 0.25) is 0 Å². The Labute approximate surface area is 101 Å². The highest BCUT2D eigenvalue weighted by Gasteiger charge is 2.05. The number of rotatable bonds is 4. The van der Waals surface area contributed by atoms with E-state index >= 15 is 0 Å². The Morgan fingerprint density at radius 2 is 2.31 bits per heavy atom. The molecule has 2 rings (SSSR count). The zero-order valence-electron chi connectivity index (χ0n) is 8.58. The monoisotopic (exact) mass is 251 g/mol. The lowest BCUT2D eigenvalue weighted by Crippen LogP contribution is -1.99. The van der Waals surface area contributed by atoms with E-state index in [0.29, 0.717) is 12.1 Å². The maximum atomic E-state index is 11.4. The largest absolute Gasteiger partial charge is 0.292 e. The van der Waals surface area contributed by atoms with E-state index in [9.17, 15) is 4.79 Å². The summed E-state index contributed by atoms with van der Waals surface area (Å²) >= 11 is 2.83. The smallest absolute Gasteiger partial charge is 0.180 e.